The van der Waals surface area contributed by atoms with Gasteiger partial charge in [0, 0.05) is 17.9 Å². The van der Waals surface area contributed by atoms with Gasteiger partial charge in [-0.2, -0.15) is 10.5 Å². The molecule has 0 aliphatic carbocycles. The summed E-state index contributed by atoms with van der Waals surface area (Å²) in [5, 5.41) is 39.0. The van der Waals surface area contributed by atoms with Crippen molar-refractivity contribution in [1.82, 2.24) is 0 Å². The van der Waals surface area contributed by atoms with Crippen LogP contribution in [-0.4, -0.2) is 46.6 Å². The molecule has 6 atom stereocenters. The summed E-state index contributed by atoms with van der Waals surface area (Å²) in [6, 6.07) is 10.4. The molecule has 0 radical (unpaired) electrons. The number of aliphatic carboxylic acids is 2. The lowest BCUT2D eigenvalue weighted by molar-refractivity contribution is -0.147. The van der Waals surface area contributed by atoms with Crippen LogP contribution in [0.3, 0.4) is 0 Å². The number of nitriles is 2. The first-order valence-corrected chi connectivity index (χ1v) is 23.4. The first-order valence-electron chi connectivity index (χ1n) is 23.4. The summed E-state index contributed by atoms with van der Waals surface area (Å²) in [5.74, 6) is 0.641. The average molecular weight is 867 g/mol. The lowest BCUT2D eigenvalue weighted by atomic mass is 9.80. The standard InChI is InChI=1S/C53H74N2O8/c1-37(38(2)36-55)35-53(8,62-47-39(3)40(4)48-45(41(47)5)25-30-52(7,63-48)27-14-12-10-9-11-13-17-31-54)28-16-15-26-51(6,50(58)59)29-24-42(49(56)57)20-18-32-60-44-22-23-46-43(34-44)21-19-33-61-46/h14-15,22-23,26-27,34,37-38,42H,9-13,16-21,24-25,28-30,32-33,35H2,1-8H3,(H,56,57)(H,58,59). The molecule has 0 fully saturated rings. The van der Waals surface area contributed by atoms with Crippen LogP contribution < -0.4 is 18.9 Å². The summed E-state index contributed by atoms with van der Waals surface area (Å²) in [4.78, 5) is 25.0. The lowest BCUT2D eigenvalue weighted by Gasteiger charge is -2.39. The van der Waals surface area contributed by atoms with E-state index in [9.17, 15) is 25.1 Å². The molecule has 10 nitrogen and oxygen atoms in total. The average Bonchev–Trinajstić information content (AvgIpc) is 3.26. The predicted molar refractivity (Wildman–Crippen MR) is 248 cm³/mol. The highest BCUT2D eigenvalue weighted by molar-refractivity contribution is 5.76. The number of carboxylic acid groups (broad SMARTS) is 2. The first-order chi connectivity index (χ1) is 29.9. The van der Waals surface area contributed by atoms with Crippen molar-refractivity contribution >= 4 is 11.9 Å². The second kappa shape index (κ2) is 23.6. The second-order valence-corrected chi connectivity index (χ2v) is 19.0. The van der Waals surface area contributed by atoms with Crippen LogP contribution in [0.1, 0.15) is 159 Å². The Hall–Kier alpha value is -4.96. The minimum absolute atomic E-state index is 0.0481. The molecule has 4 rings (SSSR count). The van der Waals surface area contributed by atoms with E-state index in [-0.39, 0.29) is 24.7 Å². The summed E-state index contributed by atoms with van der Waals surface area (Å²) in [6.07, 6.45) is 20.6. The summed E-state index contributed by atoms with van der Waals surface area (Å²) in [7, 11) is 0. The number of benzene rings is 2. The van der Waals surface area contributed by atoms with Gasteiger partial charge in [0.05, 0.1) is 36.7 Å². The molecule has 2 heterocycles. The molecule has 63 heavy (non-hydrogen) atoms. The highest BCUT2D eigenvalue weighted by atomic mass is 16.5. The van der Waals surface area contributed by atoms with Crippen molar-refractivity contribution in [2.24, 2.45) is 23.2 Å². The Kier molecular flexibility index (Phi) is 19.0. The molecule has 0 aromatic heterocycles. The maximum absolute atomic E-state index is 12.7. The third-order valence-electron chi connectivity index (χ3n) is 13.6. The fraction of sp³-hybridized carbons (Fsp3) is 0.623. The van der Waals surface area contributed by atoms with Gasteiger partial charge in [0.1, 0.15) is 34.2 Å². The van der Waals surface area contributed by atoms with Gasteiger partial charge in [0.2, 0.25) is 0 Å². The van der Waals surface area contributed by atoms with Gasteiger partial charge in [-0.1, -0.05) is 38.0 Å². The van der Waals surface area contributed by atoms with E-state index in [1.54, 1.807) is 13.0 Å². The van der Waals surface area contributed by atoms with Crippen LogP contribution in [0.15, 0.2) is 42.5 Å². The van der Waals surface area contributed by atoms with Crippen molar-refractivity contribution in [1.29, 1.82) is 10.5 Å². The number of nitrogens with zero attached hydrogens (tertiary/aromatic N) is 2. The van der Waals surface area contributed by atoms with Crippen molar-refractivity contribution < 1.29 is 38.7 Å². The van der Waals surface area contributed by atoms with E-state index < -0.39 is 34.5 Å². The maximum atomic E-state index is 12.7. The zero-order valence-electron chi connectivity index (χ0n) is 39.4. The van der Waals surface area contributed by atoms with Gasteiger partial charge in [0.15, 0.2) is 0 Å². The molecule has 344 valence electrons. The first kappa shape index (κ1) is 50.7. The van der Waals surface area contributed by atoms with Crippen molar-refractivity contribution in [2.45, 2.75) is 176 Å². The van der Waals surface area contributed by atoms with Crippen LogP contribution in [0.25, 0.3) is 0 Å². The number of hydrogen-bond donors (Lipinski definition) is 2. The Morgan fingerprint density at radius 2 is 1.71 bits per heavy atom. The van der Waals surface area contributed by atoms with Gasteiger partial charge < -0.3 is 29.2 Å². The zero-order chi connectivity index (χ0) is 46.2. The number of allylic oxidation sites excluding steroid dienone is 2. The molecule has 2 N–H and O–H groups in total. The minimum Gasteiger partial charge on any atom is -0.494 e. The number of ether oxygens (including phenoxy) is 4. The van der Waals surface area contributed by atoms with E-state index >= 15 is 0 Å². The molecule has 0 saturated carbocycles. The molecule has 2 aliphatic heterocycles. The van der Waals surface area contributed by atoms with Crippen LogP contribution in [0.5, 0.6) is 23.0 Å². The van der Waals surface area contributed by atoms with E-state index in [0.717, 1.165) is 115 Å². The second-order valence-electron chi connectivity index (χ2n) is 19.0. The lowest BCUT2D eigenvalue weighted by Crippen LogP contribution is -2.37. The Balaban J connectivity index is 1.41. The van der Waals surface area contributed by atoms with Crippen LogP contribution in [0.4, 0.5) is 0 Å². The van der Waals surface area contributed by atoms with Crippen LogP contribution in [0, 0.1) is 66.6 Å². The summed E-state index contributed by atoms with van der Waals surface area (Å²) >= 11 is 0. The van der Waals surface area contributed by atoms with Gasteiger partial charge in [-0.15, -0.1) is 0 Å². The topological polar surface area (TPSA) is 159 Å². The highest BCUT2D eigenvalue weighted by Crippen LogP contribution is 2.46. The van der Waals surface area contributed by atoms with Crippen LogP contribution in [0.2, 0.25) is 0 Å². The molecular weight excluding hydrogens is 793 g/mol. The van der Waals surface area contributed by atoms with Crippen LogP contribution in [-0.2, 0) is 22.4 Å². The zero-order valence-corrected chi connectivity index (χ0v) is 39.4. The van der Waals surface area contributed by atoms with E-state index in [4.69, 9.17) is 24.2 Å². The SMILES string of the molecule is Cc1c(C)c2c(c(C)c1OC(C)(CCC=CC(C)(CCC(CCCOc1ccc3c(c1)CCCO3)C(=O)O)C(=O)O)CC(C)C(C)C#N)CCC(C)(C=CCCCCCCC#N)O2. The maximum Gasteiger partial charge on any atom is 0.313 e. The number of carboxylic acids is 2. The normalized spacial score (nSPS) is 19.2. The van der Waals surface area contributed by atoms with E-state index in [0.29, 0.717) is 45.1 Å². The van der Waals surface area contributed by atoms with E-state index in [1.165, 1.54) is 0 Å². The fourth-order valence-electron chi connectivity index (χ4n) is 8.91. The van der Waals surface area contributed by atoms with Crippen molar-refractivity contribution in [2.75, 3.05) is 13.2 Å². The molecule has 10 heteroatoms. The van der Waals surface area contributed by atoms with Crippen molar-refractivity contribution in [3.63, 3.8) is 0 Å². The number of aryl methyl sites for hydroxylation is 1. The van der Waals surface area contributed by atoms with E-state index in [1.807, 2.05) is 31.2 Å². The Morgan fingerprint density at radius 3 is 2.43 bits per heavy atom. The number of carbonyl (C=O) groups is 2. The number of unbranched alkanes of at least 4 members (excludes halogenated alkanes) is 5. The quantitative estimate of drug-likeness (QED) is 0.0688. The summed E-state index contributed by atoms with van der Waals surface area (Å²) < 4.78 is 25.5. The molecule has 0 saturated heterocycles. The monoisotopic (exact) mass is 867 g/mol. The Labute approximate surface area is 377 Å². The Bertz CT molecular complexity index is 2010. The van der Waals surface area contributed by atoms with Gasteiger partial charge in [-0.05, 0) is 191 Å². The van der Waals surface area contributed by atoms with Gasteiger partial charge in [-0.3, -0.25) is 9.59 Å². The summed E-state index contributed by atoms with van der Waals surface area (Å²) in [6.45, 7) is 17.3. The summed E-state index contributed by atoms with van der Waals surface area (Å²) in [5.41, 5.74) is 3.08. The number of fused-ring (bicyclic) bond motifs is 2. The van der Waals surface area contributed by atoms with Gasteiger partial charge in [-0.25, -0.2) is 0 Å². The smallest absolute Gasteiger partial charge is 0.313 e. The number of hydrogen-bond acceptors (Lipinski definition) is 8. The number of rotatable bonds is 26. The fourth-order valence-corrected chi connectivity index (χ4v) is 8.91. The third kappa shape index (κ3) is 14.5. The molecule has 2 aromatic carbocycles. The highest BCUT2D eigenvalue weighted by Gasteiger charge is 2.37. The van der Waals surface area contributed by atoms with Crippen LogP contribution >= 0.6 is 0 Å². The molecule has 0 spiro atoms. The van der Waals surface area contributed by atoms with Gasteiger partial charge in [0.25, 0.3) is 0 Å². The Morgan fingerprint density at radius 1 is 0.952 bits per heavy atom. The predicted octanol–water partition coefficient (Wildman–Crippen LogP) is 12.5. The minimum atomic E-state index is -1.25. The van der Waals surface area contributed by atoms with Gasteiger partial charge >= 0.3 is 11.9 Å². The van der Waals surface area contributed by atoms with E-state index in [2.05, 4.69) is 65.8 Å². The molecule has 2 aromatic rings. The molecule has 6 unspecified atom stereocenters. The largest absolute Gasteiger partial charge is 0.494 e. The molecule has 2 aliphatic rings. The van der Waals surface area contributed by atoms with Crippen molar-refractivity contribution in [3.8, 4) is 35.1 Å². The van der Waals surface area contributed by atoms with Crippen molar-refractivity contribution in [3.05, 3.63) is 70.3 Å². The third-order valence-corrected chi connectivity index (χ3v) is 13.6. The molecular formula is C53H74N2O8. The molecule has 0 amide bonds. The molecule has 0 bridgehead atoms.